The fraction of sp³-hybridized carbons (Fsp3) is 0.238. The highest BCUT2D eigenvalue weighted by Gasteiger charge is 2.20. The third-order valence-electron chi connectivity index (χ3n) is 4.20. The van der Waals surface area contributed by atoms with E-state index in [0.717, 1.165) is 18.2 Å². The quantitative estimate of drug-likeness (QED) is 0.285. The molecule has 3 amide bonds. The summed E-state index contributed by atoms with van der Waals surface area (Å²) in [6.45, 7) is 0.218. The molecule has 0 aliphatic rings. The fourth-order valence-corrected chi connectivity index (χ4v) is 2.48. The van der Waals surface area contributed by atoms with Crippen LogP contribution in [-0.4, -0.2) is 42.9 Å². The largest absolute Gasteiger partial charge is 0.452 e. The van der Waals surface area contributed by atoms with Crippen molar-refractivity contribution in [1.29, 1.82) is 0 Å². The second kappa shape index (κ2) is 11.7. The Morgan fingerprint density at radius 2 is 1.62 bits per heavy atom. The zero-order valence-corrected chi connectivity index (χ0v) is 17.5. The van der Waals surface area contributed by atoms with Gasteiger partial charge in [0.25, 0.3) is 11.8 Å². The molecule has 182 valence electrons. The first-order chi connectivity index (χ1) is 16.0. The molecule has 1 atom stereocenters. The van der Waals surface area contributed by atoms with Crippen LogP contribution < -0.4 is 16.0 Å². The second-order valence-corrected chi connectivity index (χ2v) is 6.75. The molecule has 0 aliphatic carbocycles. The summed E-state index contributed by atoms with van der Waals surface area (Å²) in [5, 5.41) is 6.27. The predicted octanol–water partition coefficient (Wildman–Crippen LogP) is 2.19. The van der Waals surface area contributed by atoms with Crippen LogP contribution in [0.4, 0.5) is 27.6 Å². The molecular formula is C21H18F5N3O5. The summed E-state index contributed by atoms with van der Waals surface area (Å²) in [5.74, 6) is -10.4. The Balaban J connectivity index is 1.73. The van der Waals surface area contributed by atoms with E-state index in [-0.39, 0.29) is 13.0 Å². The third kappa shape index (κ3) is 7.25. The highest BCUT2D eigenvalue weighted by molar-refractivity contribution is 5.96. The molecule has 0 heterocycles. The summed E-state index contributed by atoms with van der Waals surface area (Å²) in [4.78, 5) is 47.3. The number of hydrogen-bond donors (Lipinski definition) is 3. The predicted molar refractivity (Wildman–Crippen MR) is 107 cm³/mol. The van der Waals surface area contributed by atoms with E-state index in [0.29, 0.717) is 12.1 Å². The van der Waals surface area contributed by atoms with Gasteiger partial charge in [0.15, 0.2) is 23.6 Å². The average molecular weight is 487 g/mol. The molecule has 0 aromatic heterocycles. The number of nitrogens with one attached hydrogen (secondary N) is 3. The van der Waals surface area contributed by atoms with Crippen molar-refractivity contribution < 1.29 is 45.9 Å². The third-order valence-corrected chi connectivity index (χ3v) is 4.20. The van der Waals surface area contributed by atoms with Crippen molar-refractivity contribution in [3.8, 4) is 0 Å². The molecule has 0 bridgehead atoms. The van der Waals surface area contributed by atoms with Crippen LogP contribution in [0, 0.1) is 29.1 Å². The van der Waals surface area contributed by atoms with Gasteiger partial charge in [0, 0.05) is 12.6 Å². The Kier molecular flexibility index (Phi) is 9.04. The molecule has 2 aromatic rings. The Morgan fingerprint density at radius 1 is 0.912 bits per heavy atom. The molecule has 34 heavy (non-hydrogen) atoms. The summed E-state index contributed by atoms with van der Waals surface area (Å²) >= 11 is 0. The Hall–Kier alpha value is -4.03. The first-order valence-electron chi connectivity index (χ1n) is 9.63. The van der Waals surface area contributed by atoms with Crippen LogP contribution >= 0.6 is 0 Å². The number of carbonyl (C=O) groups excluding carboxylic acids is 4. The van der Waals surface area contributed by atoms with E-state index in [1.54, 1.807) is 0 Å². The second-order valence-electron chi connectivity index (χ2n) is 6.75. The molecule has 8 nitrogen and oxygen atoms in total. The van der Waals surface area contributed by atoms with Gasteiger partial charge in [-0.05, 0) is 31.2 Å². The molecule has 0 fully saturated rings. The number of esters is 1. The lowest BCUT2D eigenvalue weighted by molar-refractivity contribution is -0.154. The standard InChI is InChI=1S/C21H18F5N3O5/c1-10(20(32)28-9-16(30)29-15-5-4-13(23)18(25)19(15)26)34-17(31)6-7-27-21(33)12-3-2-11(22)8-14(12)24/h2-5,8,10H,6-7,9H2,1H3,(H,27,33)(H,28,32)(H,29,30). The zero-order chi connectivity index (χ0) is 25.4. The van der Waals surface area contributed by atoms with E-state index >= 15 is 0 Å². The number of rotatable bonds is 9. The van der Waals surface area contributed by atoms with Gasteiger partial charge in [-0.2, -0.15) is 0 Å². The topological polar surface area (TPSA) is 114 Å². The van der Waals surface area contributed by atoms with Crippen molar-refractivity contribution in [2.24, 2.45) is 0 Å². The lowest BCUT2D eigenvalue weighted by Gasteiger charge is -2.14. The number of ether oxygens (including phenoxy) is 1. The van der Waals surface area contributed by atoms with Crippen LogP contribution in [-0.2, 0) is 19.1 Å². The number of hydrogen-bond acceptors (Lipinski definition) is 5. The van der Waals surface area contributed by atoms with E-state index in [1.165, 1.54) is 6.92 Å². The van der Waals surface area contributed by atoms with Crippen molar-refractivity contribution in [2.75, 3.05) is 18.4 Å². The molecule has 13 heteroatoms. The van der Waals surface area contributed by atoms with Gasteiger partial charge in [-0.15, -0.1) is 0 Å². The lowest BCUT2D eigenvalue weighted by atomic mass is 10.2. The van der Waals surface area contributed by atoms with E-state index in [9.17, 15) is 41.1 Å². The maximum atomic E-state index is 13.5. The molecule has 2 aromatic carbocycles. The molecular weight excluding hydrogens is 469 g/mol. The Labute approximate surface area is 189 Å². The minimum atomic E-state index is -1.78. The Morgan fingerprint density at radius 3 is 2.29 bits per heavy atom. The average Bonchev–Trinajstić information content (AvgIpc) is 2.77. The highest BCUT2D eigenvalue weighted by atomic mass is 19.2. The Bertz CT molecular complexity index is 1110. The summed E-state index contributed by atoms with van der Waals surface area (Å²) in [6.07, 6.45) is -1.74. The van der Waals surface area contributed by atoms with Crippen LogP contribution in [0.1, 0.15) is 23.7 Å². The molecule has 3 N–H and O–H groups in total. The molecule has 1 unspecified atom stereocenters. The number of carbonyl (C=O) groups is 4. The lowest BCUT2D eigenvalue weighted by Crippen LogP contribution is -2.40. The van der Waals surface area contributed by atoms with Crippen LogP contribution in [0.15, 0.2) is 30.3 Å². The van der Waals surface area contributed by atoms with Gasteiger partial charge in [-0.25, -0.2) is 22.0 Å². The van der Waals surface area contributed by atoms with Crippen LogP contribution in [0.3, 0.4) is 0 Å². The summed E-state index contributed by atoms with van der Waals surface area (Å²) < 4.78 is 70.8. The van der Waals surface area contributed by atoms with Gasteiger partial charge in [0.1, 0.15) is 11.6 Å². The molecule has 2 rings (SSSR count). The van der Waals surface area contributed by atoms with Crippen molar-refractivity contribution in [2.45, 2.75) is 19.4 Å². The molecule has 0 saturated heterocycles. The van der Waals surface area contributed by atoms with Crippen LogP contribution in [0.2, 0.25) is 0 Å². The summed E-state index contributed by atoms with van der Waals surface area (Å²) in [6, 6.07) is 3.75. The van der Waals surface area contributed by atoms with Gasteiger partial charge in [-0.3, -0.25) is 19.2 Å². The molecule has 0 radical (unpaired) electrons. The van der Waals surface area contributed by atoms with E-state index < -0.39 is 76.7 Å². The van der Waals surface area contributed by atoms with E-state index in [1.807, 2.05) is 5.32 Å². The van der Waals surface area contributed by atoms with Crippen molar-refractivity contribution in [3.05, 3.63) is 65.0 Å². The maximum Gasteiger partial charge on any atom is 0.308 e. The number of anilines is 1. The smallest absolute Gasteiger partial charge is 0.308 e. The van der Waals surface area contributed by atoms with Gasteiger partial charge in [0.2, 0.25) is 5.91 Å². The van der Waals surface area contributed by atoms with E-state index in [4.69, 9.17) is 4.74 Å². The monoisotopic (exact) mass is 487 g/mol. The zero-order valence-electron chi connectivity index (χ0n) is 17.5. The molecule has 0 saturated carbocycles. The van der Waals surface area contributed by atoms with Crippen LogP contribution in [0.5, 0.6) is 0 Å². The maximum absolute atomic E-state index is 13.5. The number of amides is 3. The highest BCUT2D eigenvalue weighted by Crippen LogP contribution is 2.19. The SMILES string of the molecule is CC(OC(=O)CCNC(=O)c1ccc(F)cc1F)C(=O)NCC(=O)Nc1ccc(F)c(F)c1F. The molecule has 0 aliphatic heterocycles. The van der Waals surface area contributed by atoms with E-state index in [2.05, 4.69) is 10.6 Å². The molecule has 0 spiro atoms. The van der Waals surface area contributed by atoms with Gasteiger partial charge < -0.3 is 20.7 Å². The van der Waals surface area contributed by atoms with Gasteiger partial charge in [-0.1, -0.05) is 0 Å². The first-order valence-corrected chi connectivity index (χ1v) is 9.63. The number of halogens is 5. The van der Waals surface area contributed by atoms with Gasteiger partial charge in [0.05, 0.1) is 24.2 Å². The summed E-state index contributed by atoms with van der Waals surface area (Å²) in [5.41, 5.74) is -1.07. The van der Waals surface area contributed by atoms with Crippen molar-refractivity contribution in [3.63, 3.8) is 0 Å². The van der Waals surface area contributed by atoms with Crippen LogP contribution in [0.25, 0.3) is 0 Å². The normalized spacial score (nSPS) is 11.4. The summed E-state index contributed by atoms with van der Waals surface area (Å²) in [7, 11) is 0. The van der Waals surface area contributed by atoms with Crippen molar-refractivity contribution in [1.82, 2.24) is 10.6 Å². The minimum absolute atomic E-state index is 0.273. The fourth-order valence-electron chi connectivity index (χ4n) is 2.48. The van der Waals surface area contributed by atoms with Crippen molar-refractivity contribution >= 4 is 29.4 Å². The van der Waals surface area contributed by atoms with Gasteiger partial charge >= 0.3 is 5.97 Å². The minimum Gasteiger partial charge on any atom is -0.452 e. The number of benzene rings is 2. The first kappa shape index (κ1) is 26.2.